The highest BCUT2D eigenvalue weighted by atomic mass is 32.1. The zero-order valence-corrected chi connectivity index (χ0v) is 10.7. The summed E-state index contributed by atoms with van der Waals surface area (Å²) < 4.78 is 9.29. The van der Waals surface area contributed by atoms with Gasteiger partial charge < -0.3 is 9.84 Å². The second-order valence-electron chi connectivity index (χ2n) is 3.76. The van der Waals surface area contributed by atoms with Gasteiger partial charge in [-0.3, -0.25) is 0 Å². The van der Waals surface area contributed by atoms with Crippen LogP contribution in [0.1, 0.15) is 17.4 Å². The minimum Gasteiger partial charge on any atom is -0.360 e. The van der Waals surface area contributed by atoms with Crippen LogP contribution in [0.5, 0.6) is 0 Å². The van der Waals surface area contributed by atoms with Crippen molar-refractivity contribution >= 4 is 27.6 Å². The molecule has 0 bridgehead atoms. The maximum atomic E-state index is 5.03. The second-order valence-corrected chi connectivity index (χ2v) is 4.51. The van der Waals surface area contributed by atoms with Crippen LogP contribution < -0.4 is 5.32 Å². The largest absolute Gasteiger partial charge is 0.360 e. The van der Waals surface area contributed by atoms with Gasteiger partial charge in [-0.05, 0) is 25.4 Å². The molecule has 0 unspecified atom stereocenters. The van der Waals surface area contributed by atoms with Gasteiger partial charge in [-0.25, -0.2) is 9.97 Å². The van der Waals surface area contributed by atoms with E-state index in [2.05, 4.69) is 29.8 Å². The first-order valence-electron chi connectivity index (χ1n) is 5.34. The molecular weight excluding hydrogens is 252 g/mol. The number of nitrogens with zero attached hydrogens (tertiary/aromatic N) is 5. The summed E-state index contributed by atoms with van der Waals surface area (Å²) >= 11 is 1.36. The zero-order valence-electron chi connectivity index (χ0n) is 9.84. The van der Waals surface area contributed by atoms with Gasteiger partial charge in [0.25, 0.3) is 0 Å². The Hall–Kier alpha value is -2.09. The highest BCUT2D eigenvalue weighted by molar-refractivity contribution is 7.13. The van der Waals surface area contributed by atoms with Gasteiger partial charge in [0.2, 0.25) is 5.89 Å². The van der Waals surface area contributed by atoms with Gasteiger partial charge in [0.05, 0.1) is 17.6 Å². The average Bonchev–Trinajstić information content (AvgIpc) is 2.94. The van der Waals surface area contributed by atoms with E-state index >= 15 is 0 Å². The molecule has 0 aliphatic rings. The number of aromatic nitrogens is 5. The van der Waals surface area contributed by atoms with Gasteiger partial charge in [0, 0.05) is 0 Å². The van der Waals surface area contributed by atoms with Crippen molar-refractivity contribution in [2.24, 2.45) is 0 Å². The summed E-state index contributed by atoms with van der Waals surface area (Å²) in [7, 11) is 0. The van der Waals surface area contributed by atoms with Crippen LogP contribution in [0.3, 0.4) is 0 Å². The Bertz CT molecular complexity index is 691. The third kappa shape index (κ3) is 1.90. The van der Waals surface area contributed by atoms with Gasteiger partial charge in [-0.15, -0.1) is 0 Å². The molecule has 3 rings (SSSR count). The molecule has 3 heterocycles. The SMILES string of the molecule is Cc1noc(CNc2ncnc3snc(C)c23)n1. The summed E-state index contributed by atoms with van der Waals surface area (Å²) in [5.41, 5.74) is 0.916. The van der Waals surface area contributed by atoms with E-state index in [0.29, 0.717) is 18.3 Å². The van der Waals surface area contributed by atoms with Gasteiger partial charge >= 0.3 is 0 Å². The Morgan fingerprint density at radius 1 is 1.33 bits per heavy atom. The van der Waals surface area contributed by atoms with Gasteiger partial charge in [0.1, 0.15) is 17.0 Å². The normalized spacial score (nSPS) is 11.0. The third-order valence-electron chi connectivity index (χ3n) is 2.42. The van der Waals surface area contributed by atoms with Crippen molar-refractivity contribution in [3.63, 3.8) is 0 Å². The van der Waals surface area contributed by atoms with Crippen LogP contribution in [0.25, 0.3) is 10.2 Å². The van der Waals surface area contributed by atoms with Crippen LogP contribution in [0.2, 0.25) is 0 Å². The van der Waals surface area contributed by atoms with E-state index in [4.69, 9.17) is 4.52 Å². The molecule has 7 nitrogen and oxygen atoms in total. The van der Waals surface area contributed by atoms with Crippen LogP contribution >= 0.6 is 11.5 Å². The number of rotatable bonds is 3. The summed E-state index contributed by atoms with van der Waals surface area (Å²) in [5, 5.41) is 7.84. The molecule has 1 N–H and O–H groups in total. The quantitative estimate of drug-likeness (QED) is 0.768. The van der Waals surface area contributed by atoms with Gasteiger partial charge in [0.15, 0.2) is 5.82 Å². The van der Waals surface area contributed by atoms with Crippen LogP contribution in [-0.4, -0.2) is 24.5 Å². The summed E-state index contributed by atoms with van der Waals surface area (Å²) in [6, 6.07) is 0. The summed E-state index contributed by atoms with van der Waals surface area (Å²) in [5.74, 6) is 1.88. The third-order valence-corrected chi connectivity index (χ3v) is 3.27. The first-order valence-corrected chi connectivity index (χ1v) is 6.11. The fraction of sp³-hybridized carbons (Fsp3) is 0.300. The molecule has 0 aromatic carbocycles. The molecule has 92 valence electrons. The highest BCUT2D eigenvalue weighted by Crippen LogP contribution is 2.25. The molecule has 0 aliphatic carbocycles. The molecule has 0 fully saturated rings. The van der Waals surface area contributed by atoms with Crippen LogP contribution in [0.15, 0.2) is 10.9 Å². The average molecular weight is 262 g/mol. The Kier molecular flexibility index (Phi) is 2.63. The lowest BCUT2D eigenvalue weighted by molar-refractivity contribution is 0.379. The van der Waals surface area contributed by atoms with Crippen LogP contribution in [-0.2, 0) is 6.54 Å². The molecule has 0 radical (unpaired) electrons. The predicted octanol–water partition coefficient (Wildman–Crippen LogP) is 1.70. The molecular formula is C10H10N6OS. The maximum Gasteiger partial charge on any atom is 0.245 e. The lowest BCUT2D eigenvalue weighted by atomic mass is 10.3. The lowest BCUT2D eigenvalue weighted by Gasteiger charge is -2.03. The minimum atomic E-state index is 0.433. The highest BCUT2D eigenvalue weighted by Gasteiger charge is 2.10. The number of hydrogen-bond donors (Lipinski definition) is 1. The molecule has 0 atom stereocenters. The minimum absolute atomic E-state index is 0.433. The van der Waals surface area contributed by atoms with Gasteiger partial charge in [-0.1, -0.05) is 5.16 Å². The Morgan fingerprint density at radius 2 is 2.22 bits per heavy atom. The molecule has 18 heavy (non-hydrogen) atoms. The Labute approximate surface area is 106 Å². The first kappa shape index (κ1) is 11.0. The number of nitrogens with one attached hydrogen (secondary N) is 1. The maximum absolute atomic E-state index is 5.03. The molecule has 3 aromatic heterocycles. The summed E-state index contributed by atoms with van der Waals surface area (Å²) in [6.45, 7) is 4.15. The van der Waals surface area contributed by atoms with Crippen molar-refractivity contribution < 1.29 is 4.52 Å². The molecule has 0 amide bonds. The fourth-order valence-corrected chi connectivity index (χ4v) is 2.37. The fourth-order valence-electron chi connectivity index (χ4n) is 1.63. The van der Waals surface area contributed by atoms with E-state index in [1.807, 2.05) is 6.92 Å². The monoisotopic (exact) mass is 262 g/mol. The van der Waals surface area contributed by atoms with Crippen molar-refractivity contribution in [2.75, 3.05) is 5.32 Å². The van der Waals surface area contributed by atoms with E-state index in [1.165, 1.54) is 17.9 Å². The van der Waals surface area contributed by atoms with Crippen LogP contribution in [0, 0.1) is 13.8 Å². The van der Waals surface area contributed by atoms with Crippen molar-refractivity contribution in [3.8, 4) is 0 Å². The molecule has 3 aromatic rings. The number of aryl methyl sites for hydroxylation is 2. The number of hydrogen-bond acceptors (Lipinski definition) is 8. The molecule has 0 saturated carbocycles. The van der Waals surface area contributed by atoms with Crippen molar-refractivity contribution in [1.82, 2.24) is 24.5 Å². The molecule has 0 saturated heterocycles. The standard InChI is InChI=1S/C10H10N6OS/c1-5-8-9(12-4-13-10(8)18-16-5)11-3-7-14-6(2)15-17-7/h4H,3H2,1-2H3,(H,11,12,13). The summed E-state index contributed by atoms with van der Waals surface area (Å²) in [4.78, 5) is 13.4. The number of fused-ring (bicyclic) bond motifs is 1. The number of anilines is 1. The van der Waals surface area contributed by atoms with E-state index in [-0.39, 0.29) is 0 Å². The zero-order chi connectivity index (χ0) is 12.5. The molecule has 0 aliphatic heterocycles. The van der Waals surface area contributed by atoms with E-state index < -0.39 is 0 Å². The van der Waals surface area contributed by atoms with Crippen LogP contribution in [0.4, 0.5) is 5.82 Å². The molecule has 8 heteroatoms. The van der Waals surface area contributed by atoms with E-state index in [1.54, 1.807) is 6.92 Å². The smallest absolute Gasteiger partial charge is 0.245 e. The van der Waals surface area contributed by atoms with Gasteiger partial charge in [-0.2, -0.15) is 9.36 Å². The van der Waals surface area contributed by atoms with Crippen molar-refractivity contribution in [1.29, 1.82) is 0 Å². The Morgan fingerprint density at radius 3 is 3.00 bits per heavy atom. The lowest BCUT2D eigenvalue weighted by Crippen LogP contribution is -2.02. The van der Waals surface area contributed by atoms with E-state index in [0.717, 1.165) is 21.7 Å². The summed E-state index contributed by atoms with van der Waals surface area (Å²) in [6.07, 6.45) is 1.52. The topological polar surface area (TPSA) is 89.6 Å². The predicted molar refractivity (Wildman–Crippen MR) is 66.3 cm³/mol. The van der Waals surface area contributed by atoms with Crippen molar-refractivity contribution in [2.45, 2.75) is 20.4 Å². The first-order chi connectivity index (χ1) is 8.74. The molecule has 0 spiro atoms. The van der Waals surface area contributed by atoms with E-state index in [9.17, 15) is 0 Å². The van der Waals surface area contributed by atoms with Crippen molar-refractivity contribution in [3.05, 3.63) is 23.7 Å². The second kappa shape index (κ2) is 4.30. The Balaban J connectivity index is 1.88.